The summed E-state index contributed by atoms with van der Waals surface area (Å²) in [6.07, 6.45) is 11.8. The van der Waals surface area contributed by atoms with E-state index in [9.17, 15) is 10.1 Å². The van der Waals surface area contributed by atoms with Gasteiger partial charge in [0.05, 0.1) is 50.9 Å². The van der Waals surface area contributed by atoms with Crippen molar-refractivity contribution in [1.29, 1.82) is 5.26 Å². The number of carbonyl (C=O) groups is 1. The van der Waals surface area contributed by atoms with Gasteiger partial charge in [-0.15, -0.1) is 0 Å². The van der Waals surface area contributed by atoms with Gasteiger partial charge in [-0.1, -0.05) is 0 Å². The Morgan fingerprint density at radius 1 is 1.29 bits per heavy atom. The van der Waals surface area contributed by atoms with Gasteiger partial charge in [0.2, 0.25) is 0 Å². The van der Waals surface area contributed by atoms with Crippen LogP contribution in [0.4, 0.5) is 4.79 Å². The molecule has 1 aliphatic heterocycles. The van der Waals surface area contributed by atoms with E-state index in [0.29, 0.717) is 30.7 Å². The molecule has 0 atom stereocenters. The summed E-state index contributed by atoms with van der Waals surface area (Å²) in [5.41, 5.74) is 1.68. The number of aromatic nitrogens is 4. The molecule has 1 amide bonds. The Morgan fingerprint density at radius 2 is 2.06 bits per heavy atom. The molecule has 0 bridgehead atoms. The van der Waals surface area contributed by atoms with Crippen molar-refractivity contribution in [3.63, 3.8) is 0 Å². The molecule has 0 unspecified atom stereocenters. The van der Waals surface area contributed by atoms with Gasteiger partial charge in [-0.05, 0) is 49.4 Å². The van der Waals surface area contributed by atoms with Crippen LogP contribution in [0.1, 0.15) is 27.2 Å². The maximum Gasteiger partial charge on any atom is 0.410 e. The summed E-state index contributed by atoms with van der Waals surface area (Å²) in [4.78, 5) is 18.6. The predicted octanol–water partition coefficient (Wildman–Crippen LogP) is 3.61. The average Bonchev–Trinajstić information content (AvgIpc) is 3.39. The second-order valence-corrected chi connectivity index (χ2v) is 12.6. The predicted molar refractivity (Wildman–Crippen MR) is 137 cm³/mol. The van der Waals surface area contributed by atoms with E-state index in [2.05, 4.69) is 28.7 Å². The number of fused-ring (bicyclic) bond motifs is 1. The first kappa shape index (κ1) is 25.1. The molecule has 0 saturated carbocycles. The molecule has 9 nitrogen and oxygen atoms in total. The molecule has 10 heteroatoms. The highest BCUT2D eigenvalue weighted by molar-refractivity contribution is 7.95. The molecule has 35 heavy (non-hydrogen) atoms. The Labute approximate surface area is 209 Å². The molecule has 1 saturated heterocycles. The highest BCUT2D eigenvalue weighted by Gasteiger charge is 2.48. The normalized spacial score (nSPS) is 15.3. The molecule has 4 heterocycles. The maximum absolute atomic E-state index is 12.4. The Balaban J connectivity index is 1.52. The van der Waals surface area contributed by atoms with Gasteiger partial charge < -0.3 is 18.9 Å². The molecule has 0 spiro atoms. The summed E-state index contributed by atoms with van der Waals surface area (Å²) in [5, 5.41) is 15.1. The first-order valence-electron chi connectivity index (χ1n) is 11.6. The first-order chi connectivity index (χ1) is 16.6. The fourth-order valence-corrected chi connectivity index (χ4v) is 4.61. The van der Waals surface area contributed by atoms with Crippen molar-refractivity contribution in [2.75, 3.05) is 38.0 Å². The van der Waals surface area contributed by atoms with Crippen molar-refractivity contribution in [3.8, 4) is 17.2 Å². The van der Waals surface area contributed by atoms with Crippen molar-refractivity contribution >= 4 is 28.0 Å². The highest BCUT2D eigenvalue weighted by Crippen LogP contribution is 2.35. The van der Waals surface area contributed by atoms with Crippen molar-refractivity contribution in [1.82, 2.24) is 24.2 Å². The lowest BCUT2D eigenvalue weighted by Gasteiger charge is -2.48. The molecule has 3 aromatic rings. The SMILES string of the molecule is C[S+](C)CCOCn1ccc2c(-c3cnn(C4(CC#N)CN(C(=O)OC(C)(C)C)C4)c3)ccnc21. The van der Waals surface area contributed by atoms with Crippen LogP contribution in [-0.4, -0.2) is 73.9 Å². The number of nitriles is 1. The topological polar surface area (TPSA) is 98.2 Å². The minimum Gasteiger partial charge on any atom is -0.444 e. The number of ether oxygens (including phenoxy) is 2. The molecular formula is C25H33N6O3S+. The van der Waals surface area contributed by atoms with Crippen LogP contribution in [0.25, 0.3) is 22.2 Å². The van der Waals surface area contributed by atoms with E-state index in [1.807, 2.05) is 54.5 Å². The zero-order valence-corrected chi connectivity index (χ0v) is 21.8. The van der Waals surface area contributed by atoms with Gasteiger partial charge in [-0.2, -0.15) is 10.4 Å². The van der Waals surface area contributed by atoms with Crippen LogP contribution in [0, 0.1) is 11.3 Å². The zero-order chi connectivity index (χ0) is 25.2. The molecule has 0 radical (unpaired) electrons. The second kappa shape index (κ2) is 9.91. The number of pyridine rings is 1. The van der Waals surface area contributed by atoms with Gasteiger partial charge in [0, 0.05) is 29.5 Å². The third-order valence-corrected chi connectivity index (χ3v) is 6.92. The van der Waals surface area contributed by atoms with E-state index in [-0.39, 0.29) is 12.5 Å². The largest absolute Gasteiger partial charge is 0.444 e. The second-order valence-electron chi connectivity index (χ2n) is 10.2. The smallest absolute Gasteiger partial charge is 0.410 e. The molecule has 0 N–H and O–H groups in total. The number of carbonyl (C=O) groups excluding carboxylic acids is 1. The van der Waals surface area contributed by atoms with Gasteiger partial charge in [-0.3, -0.25) is 4.68 Å². The van der Waals surface area contributed by atoms with E-state index in [0.717, 1.165) is 34.5 Å². The molecule has 186 valence electrons. The van der Waals surface area contributed by atoms with Crippen LogP contribution in [0.2, 0.25) is 0 Å². The Kier molecular flexibility index (Phi) is 7.10. The fraction of sp³-hybridized carbons (Fsp3) is 0.520. The first-order valence-corrected chi connectivity index (χ1v) is 13.8. The molecule has 4 rings (SSSR count). The summed E-state index contributed by atoms with van der Waals surface area (Å²) in [6, 6.07) is 6.28. The maximum atomic E-state index is 12.4. The molecule has 0 aliphatic carbocycles. The minimum atomic E-state index is -0.563. The summed E-state index contributed by atoms with van der Waals surface area (Å²) in [5.74, 6) is 1.05. The van der Waals surface area contributed by atoms with Crippen LogP contribution in [0.5, 0.6) is 0 Å². The van der Waals surface area contributed by atoms with Crippen molar-refractivity contribution in [2.45, 2.75) is 45.1 Å². The molecule has 1 fully saturated rings. The number of nitrogens with zero attached hydrogens (tertiary/aromatic N) is 6. The van der Waals surface area contributed by atoms with Crippen molar-refractivity contribution in [2.24, 2.45) is 0 Å². The summed E-state index contributed by atoms with van der Waals surface area (Å²) in [6.45, 7) is 7.47. The number of hydrogen-bond donors (Lipinski definition) is 0. The third kappa shape index (κ3) is 5.46. The Bertz CT molecular complexity index is 1230. The molecule has 1 aliphatic rings. The Hall–Kier alpha value is -3.03. The van der Waals surface area contributed by atoms with E-state index in [4.69, 9.17) is 9.47 Å². The van der Waals surface area contributed by atoms with Gasteiger partial charge in [-0.25, -0.2) is 9.78 Å². The lowest BCUT2D eigenvalue weighted by Crippen LogP contribution is -2.64. The zero-order valence-electron chi connectivity index (χ0n) is 21.0. The minimum absolute atomic E-state index is 0.254. The van der Waals surface area contributed by atoms with E-state index < -0.39 is 11.1 Å². The van der Waals surface area contributed by atoms with Crippen LogP contribution in [0.3, 0.4) is 0 Å². The van der Waals surface area contributed by atoms with Gasteiger partial charge in [0.15, 0.2) is 0 Å². The van der Waals surface area contributed by atoms with Crippen LogP contribution < -0.4 is 0 Å². The van der Waals surface area contributed by atoms with E-state index in [1.54, 1.807) is 17.3 Å². The van der Waals surface area contributed by atoms with E-state index >= 15 is 0 Å². The summed E-state index contributed by atoms with van der Waals surface area (Å²) in [7, 11) is 0.360. The highest BCUT2D eigenvalue weighted by atomic mass is 32.2. The quantitative estimate of drug-likeness (QED) is 0.348. The average molecular weight is 498 g/mol. The number of rotatable bonds is 8. The molecule has 3 aromatic heterocycles. The van der Waals surface area contributed by atoms with Gasteiger partial charge in [0.1, 0.15) is 29.3 Å². The summed E-state index contributed by atoms with van der Waals surface area (Å²) < 4.78 is 15.1. The number of amides is 1. The van der Waals surface area contributed by atoms with Gasteiger partial charge >= 0.3 is 6.09 Å². The van der Waals surface area contributed by atoms with Gasteiger partial charge in [0.25, 0.3) is 0 Å². The van der Waals surface area contributed by atoms with Crippen LogP contribution in [-0.2, 0) is 32.6 Å². The summed E-state index contributed by atoms with van der Waals surface area (Å²) >= 11 is 0. The van der Waals surface area contributed by atoms with Crippen LogP contribution in [0.15, 0.2) is 36.9 Å². The number of likely N-dealkylation sites (tertiary alicyclic amines) is 1. The Morgan fingerprint density at radius 3 is 2.74 bits per heavy atom. The standard InChI is InChI=1S/C25H33N6O3S/c1-24(2,3)34-23(32)30-16-25(17-30,8-9-26)31-15-19(14-28-31)20-6-10-27-22-21(20)7-11-29(22)18-33-12-13-35(4)5/h6-7,10-11,14-15H,8,12-13,16-18H2,1-5H3/q+1. The monoisotopic (exact) mass is 497 g/mol. The van der Waals surface area contributed by atoms with Crippen molar-refractivity contribution in [3.05, 3.63) is 36.9 Å². The third-order valence-electron chi connectivity index (χ3n) is 5.94. The lowest BCUT2D eigenvalue weighted by molar-refractivity contribution is -0.0314. The fourth-order valence-electron chi connectivity index (χ4n) is 4.16. The molecular weight excluding hydrogens is 464 g/mol. The number of hydrogen-bond acceptors (Lipinski definition) is 6. The molecule has 0 aromatic carbocycles. The van der Waals surface area contributed by atoms with Crippen LogP contribution >= 0.6 is 0 Å². The van der Waals surface area contributed by atoms with E-state index in [1.165, 1.54) is 0 Å². The van der Waals surface area contributed by atoms with Crippen molar-refractivity contribution < 1.29 is 14.3 Å². The lowest BCUT2D eigenvalue weighted by atomic mass is 9.87.